The van der Waals surface area contributed by atoms with Crippen LogP contribution < -0.4 is 10.1 Å². The summed E-state index contributed by atoms with van der Waals surface area (Å²) in [5.74, 6) is -1.11. The van der Waals surface area contributed by atoms with Crippen LogP contribution in [0.25, 0.3) is 6.08 Å². The maximum atomic E-state index is 13.0. The highest BCUT2D eigenvalue weighted by atomic mass is 19.4. The Morgan fingerprint density at radius 2 is 1.80 bits per heavy atom. The number of rotatable bonds is 6. The number of carbonyl (C=O) groups is 1. The molecule has 0 heterocycles. The topological polar surface area (TPSA) is 105 Å². The van der Waals surface area contributed by atoms with Crippen LogP contribution >= 0.6 is 0 Å². The Morgan fingerprint density at radius 1 is 1.09 bits per heavy atom. The van der Waals surface area contributed by atoms with Crippen molar-refractivity contribution in [1.82, 2.24) is 0 Å². The van der Waals surface area contributed by atoms with Crippen molar-refractivity contribution in [3.05, 3.63) is 98.6 Å². The molecule has 3 aromatic rings. The molecule has 0 unspecified atom stereocenters. The first-order valence-corrected chi connectivity index (χ1v) is 10.1. The fourth-order valence-corrected chi connectivity index (χ4v) is 3.11. The quantitative estimate of drug-likeness (QED) is 0.186. The number of nitro benzene ring substituents is 1. The summed E-state index contributed by atoms with van der Waals surface area (Å²) < 4.78 is 44.5. The smallest absolute Gasteiger partial charge is 0.416 e. The van der Waals surface area contributed by atoms with Crippen molar-refractivity contribution in [1.29, 1.82) is 5.26 Å². The van der Waals surface area contributed by atoms with Gasteiger partial charge in [-0.15, -0.1) is 0 Å². The number of aryl methyl sites for hydroxylation is 1. The van der Waals surface area contributed by atoms with Crippen LogP contribution in [-0.4, -0.2) is 10.8 Å². The monoisotopic (exact) mass is 481 g/mol. The molecule has 3 aromatic carbocycles. The van der Waals surface area contributed by atoms with Gasteiger partial charge in [0.25, 0.3) is 5.91 Å². The third kappa shape index (κ3) is 5.83. The second-order valence-corrected chi connectivity index (χ2v) is 7.45. The van der Waals surface area contributed by atoms with E-state index in [1.54, 1.807) is 18.2 Å². The second kappa shape index (κ2) is 10.1. The first kappa shape index (κ1) is 25.0. The number of benzene rings is 3. The number of alkyl halides is 3. The van der Waals surface area contributed by atoms with Crippen LogP contribution in [0.5, 0.6) is 11.5 Å². The molecule has 0 atom stereocenters. The molecule has 0 fully saturated rings. The van der Waals surface area contributed by atoms with Gasteiger partial charge in [-0.2, -0.15) is 18.4 Å². The zero-order chi connectivity index (χ0) is 25.8. The fourth-order valence-electron chi connectivity index (χ4n) is 3.11. The molecule has 1 amide bonds. The summed E-state index contributed by atoms with van der Waals surface area (Å²) in [6.07, 6.45) is -3.54. The predicted molar refractivity (Wildman–Crippen MR) is 123 cm³/mol. The van der Waals surface area contributed by atoms with E-state index in [1.165, 1.54) is 24.3 Å². The number of hydrogen-bond acceptors (Lipinski definition) is 5. The maximum absolute atomic E-state index is 13.0. The van der Waals surface area contributed by atoms with Crippen LogP contribution in [0.3, 0.4) is 0 Å². The lowest BCUT2D eigenvalue weighted by molar-refractivity contribution is -0.385. The summed E-state index contributed by atoms with van der Waals surface area (Å²) in [7, 11) is 0. The summed E-state index contributed by atoms with van der Waals surface area (Å²) in [5.41, 5.74) is 0.171. The van der Waals surface area contributed by atoms with E-state index < -0.39 is 34.0 Å². The van der Waals surface area contributed by atoms with Crippen molar-refractivity contribution < 1.29 is 27.6 Å². The van der Waals surface area contributed by atoms with E-state index in [4.69, 9.17) is 4.74 Å². The summed E-state index contributed by atoms with van der Waals surface area (Å²) in [6.45, 7) is 3.70. The van der Waals surface area contributed by atoms with Gasteiger partial charge in [-0.25, -0.2) is 0 Å². The first-order valence-electron chi connectivity index (χ1n) is 10.1. The third-order valence-electron chi connectivity index (χ3n) is 5.14. The Bertz CT molecular complexity index is 1380. The van der Waals surface area contributed by atoms with Crippen LogP contribution in [0.2, 0.25) is 0 Å². The Hall–Kier alpha value is -4.65. The Labute approximate surface area is 198 Å². The molecule has 0 aliphatic heterocycles. The number of anilines is 1. The molecule has 178 valence electrons. The van der Waals surface area contributed by atoms with Crippen molar-refractivity contribution in [3.63, 3.8) is 0 Å². The normalized spacial score (nSPS) is 11.5. The van der Waals surface area contributed by atoms with Gasteiger partial charge in [0.2, 0.25) is 5.75 Å². The van der Waals surface area contributed by atoms with Gasteiger partial charge in [0.1, 0.15) is 17.4 Å². The van der Waals surface area contributed by atoms with E-state index in [-0.39, 0.29) is 16.9 Å². The van der Waals surface area contributed by atoms with E-state index in [2.05, 4.69) is 5.32 Å². The van der Waals surface area contributed by atoms with E-state index >= 15 is 0 Å². The van der Waals surface area contributed by atoms with Crippen LogP contribution in [0.4, 0.5) is 24.5 Å². The second-order valence-electron chi connectivity index (χ2n) is 7.45. The minimum atomic E-state index is -4.77. The van der Waals surface area contributed by atoms with E-state index in [1.807, 2.05) is 26.0 Å². The van der Waals surface area contributed by atoms with Crippen molar-refractivity contribution in [3.8, 4) is 17.6 Å². The maximum Gasteiger partial charge on any atom is 0.416 e. The summed E-state index contributed by atoms with van der Waals surface area (Å²) in [4.78, 5) is 23.1. The van der Waals surface area contributed by atoms with Crippen LogP contribution in [0.1, 0.15) is 22.3 Å². The molecular weight excluding hydrogens is 463 g/mol. The number of nitro groups is 1. The highest BCUT2D eigenvalue weighted by Gasteiger charge is 2.33. The fraction of sp³-hybridized carbons (Fsp3) is 0.120. The molecule has 0 radical (unpaired) electrons. The van der Waals surface area contributed by atoms with Crippen LogP contribution in [0, 0.1) is 35.3 Å². The number of carbonyl (C=O) groups excluding carboxylic acids is 1. The van der Waals surface area contributed by atoms with Gasteiger partial charge in [0.15, 0.2) is 0 Å². The molecule has 0 saturated carbocycles. The Morgan fingerprint density at radius 3 is 2.46 bits per heavy atom. The minimum Gasteiger partial charge on any atom is -0.449 e. The van der Waals surface area contributed by atoms with Gasteiger partial charge in [0.05, 0.1) is 10.5 Å². The predicted octanol–water partition coefficient (Wildman–Crippen LogP) is 6.57. The number of para-hydroxylation sites is 1. The third-order valence-corrected chi connectivity index (χ3v) is 5.14. The number of nitriles is 1. The molecule has 0 aromatic heterocycles. The molecular formula is C25H18F3N3O4. The van der Waals surface area contributed by atoms with Crippen molar-refractivity contribution >= 4 is 23.4 Å². The van der Waals surface area contributed by atoms with Crippen molar-refractivity contribution in [2.75, 3.05) is 5.32 Å². The zero-order valence-corrected chi connectivity index (χ0v) is 18.5. The lowest BCUT2D eigenvalue weighted by Gasteiger charge is -2.12. The van der Waals surface area contributed by atoms with E-state index in [0.717, 1.165) is 17.2 Å². The van der Waals surface area contributed by atoms with Gasteiger partial charge >= 0.3 is 11.9 Å². The number of ether oxygens (including phenoxy) is 1. The molecule has 10 heteroatoms. The highest BCUT2D eigenvalue weighted by molar-refractivity contribution is 6.10. The molecule has 3 rings (SSSR count). The SMILES string of the molecule is Cc1cccc(NC(=O)/C(C#N)=C/c2ccccc2Oc2ccc(C(F)(F)F)cc2[N+](=O)[O-])c1C. The van der Waals surface area contributed by atoms with Gasteiger partial charge in [-0.1, -0.05) is 30.3 Å². The zero-order valence-electron chi connectivity index (χ0n) is 18.5. The summed E-state index contributed by atoms with van der Waals surface area (Å²) in [6, 6.07) is 15.0. The van der Waals surface area contributed by atoms with Crippen molar-refractivity contribution in [2.24, 2.45) is 0 Å². The Balaban J connectivity index is 1.95. The molecule has 7 nitrogen and oxygen atoms in total. The lowest BCUT2D eigenvalue weighted by atomic mass is 10.1. The van der Waals surface area contributed by atoms with Crippen LogP contribution in [0.15, 0.2) is 66.2 Å². The average Bonchev–Trinajstić information content (AvgIpc) is 2.80. The van der Waals surface area contributed by atoms with Crippen molar-refractivity contribution in [2.45, 2.75) is 20.0 Å². The minimum absolute atomic E-state index is 0.00245. The van der Waals surface area contributed by atoms with Crippen LogP contribution in [-0.2, 0) is 11.0 Å². The molecule has 0 bridgehead atoms. The molecule has 0 saturated heterocycles. The average molecular weight is 481 g/mol. The standard InChI is InChI=1S/C25H18F3N3O4/c1-15-6-5-8-20(16(15)2)30-24(32)18(14-29)12-17-7-3-4-9-22(17)35-23-11-10-19(25(26,27)28)13-21(23)31(33)34/h3-13H,1-2H3,(H,30,32)/b18-12+. The van der Waals surface area contributed by atoms with Gasteiger partial charge in [-0.05, 0) is 55.3 Å². The number of halogens is 3. The molecule has 1 N–H and O–H groups in total. The van der Waals surface area contributed by atoms with Gasteiger partial charge < -0.3 is 10.1 Å². The first-order chi connectivity index (χ1) is 16.5. The number of nitrogens with one attached hydrogen (secondary N) is 1. The van der Waals surface area contributed by atoms with Gasteiger partial charge in [0, 0.05) is 17.3 Å². The number of hydrogen-bond donors (Lipinski definition) is 1. The largest absolute Gasteiger partial charge is 0.449 e. The summed E-state index contributed by atoms with van der Waals surface area (Å²) in [5, 5.41) is 23.6. The molecule has 0 aliphatic carbocycles. The van der Waals surface area contributed by atoms with Gasteiger partial charge in [-0.3, -0.25) is 14.9 Å². The molecule has 0 aliphatic rings. The molecule has 0 spiro atoms. The number of amides is 1. The highest BCUT2D eigenvalue weighted by Crippen LogP contribution is 2.38. The summed E-state index contributed by atoms with van der Waals surface area (Å²) >= 11 is 0. The van der Waals surface area contributed by atoms with E-state index in [0.29, 0.717) is 17.8 Å². The number of nitrogens with zero attached hydrogens (tertiary/aromatic N) is 2. The lowest BCUT2D eigenvalue weighted by Crippen LogP contribution is -2.14. The molecule has 35 heavy (non-hydrogen) atoms. The Kier molecular flexibility index (Phi) is 7.20. The van der Waals surface area contributed by atoms with E-state index in [9.17, 15) is 33.3 Å².